The molecule has 2 amide bonds. The van der Waals surface area contributed by atoms with Crippen molar-refractivity contribution in [3.63, 3.8) is 0 Å². The number of amides is 2. The first-order valence-electron chi connectivity index (χ1n) is 6.96. The molecule has 1 fully saturated rings. The van der Waals surface area contributed by atoms with Gasteiger partial charge in [0.05, 0.1) is 23.2 Å². The summed E-state index contributed by atoms with van der Waals surface area (Å²) in [5.41, 5.74) is -0.113. The van der Waals surface area contributed by atoms with E-state index >= 15 is 0 Å². The van der Waals surface area contributed by atoms with E-state index in [4.69, 9.17) is 5.11 Å². The van der Waals surface area contributed by atoms with Gasteiger partial charge in [-0.1, -0.05) is 13.8 Å². The molecular formula is C15H18N2O4. The Morgan fingerprint density at radius 2 is 2.05 bits per heavy atom. The summed E-state index contributed by atoms with van der Waals surface area (Å²) in [5, 5.41) is 8.96. The topological polar surface area (TPSA) is 87.6 Å². The van der Waals surface area contributed by atoms with Crippen molar-refractivity contribution in [1.82, 2.24) is 9.88 Å². The molecule has 0 spiro atoms. The van der Waals surface area contributed by atoms with Crippen molar-refractivity contribution in [2.24, 2.45) is 5.41 Å². The highest BCUT2D eigenvalue weighted by Crippen LogP contribution is 2.39. The molecule has 1 N–H and O–H groups in total. The molecule has 6 heteroatoms. The molecule has 21 heavy (non-hydrogen) atoms. The van der Waals surface area contributed by atoms with Crippen LogP contribution in [0.3, 0.4) is 0 Å². The Labute approximate surface area is 122 Å². The highest BCUT2D eigenvalue weighted by Gasteiger charge is 2.48. The summed E-state index contributed by atoms with van der Waals surface area (Å²) < 4.78 is 0. The summed E-state index contributed by atoms with van der Waals surface area (Å²) in [6, 6.07) is 2.77. The molecule has 0 aliphatic carbocycles. The molecule has 1 aromatic rings. The number of imide groups is 1. The number of hydrogen-bond acceptors (Lipinski definition) is 4. The van der Waals surface area contributed by atoms with E-state index in [1.165, 1.54) is 23.2 Å². The predicted octanol–water partition coefficient (Wildman–Crippen LogP) is 1.85. The SMILES string of the molecule is CCC1(CC)CC(=O)N(Cc2cc(C(=O)O)ccn2)C1=O. The fraction of sp³-hybridized carbons (Fsp3) is 0.467. The van der Waals surface area contributed by atoms with Crippen molar-refractivity contribution in [3.05, 3.63) is 29.6 Å². The molecule has 2 rings (SSSR count). The van der Waals surface area contributed by atoms with Gasteiger partial charge in [0.25, 0.3) is 0 Å². The molecule has 0 aromatic carbocycles. The summed E-state index contributed by atoms with van der Waals surface area (Å²) in [5.74, 6) is -1.46. The van der Waals surface area contributed by atoms with Gasteiger partial charge in [-0.2, -0.15) is 0 Å². The lowest BCUT2D eigenvalue weighted by Crippen LogP contribution is -2.35. The minimum Gasteiger partial charge on any atom is -0.478 e. The van der Waals surface area contributed by atoms with E-state index in [2.05, 4.69) is 4.98 Å². The summed E-state index contributed by atoms with van der Waals surface area (Å²) in [6.07, 6.45) is 2.83. The standard InChI is InChI=1S/C15H18N2O4/c1-3-15(4-2)8-12(18)17(14(15)21)9-11-7-10(13(19)20)5-6-16-11/h5-7H,3-4,8-9H2,1-2H3,(H,19,20). The predicted molar refractivity (Wildman–Crippen MR) is 74.4 cm³/mol. The lowest BCUT2D eigenvalue weighted by atomic mass is 9.81. The zero-order valence-corrected chi connectivity index (χ0v) is 12.1. The minimum atomic E-state index is -1.06. The van der Waals surface area contributed by atoms with E-state index in [0.29, 0.717) is 18.5 Å². The lowest BCUT2D eigenvalue weighted by molar-refractivity contribution is -0.142. The molecule has 0 saturated carbocycles. The van der Waals surface area contributed by atoms with Gasteiger partial charge in [-0.05, 0) is 25.0 Å². The largest absolute Gasteiger partial charge is 0.478 e. The molecule has 0 unspecified atom stereocenters. The second kappa shape index (κ2) is 5.63. The number of nitrogens with zero attached hydrogens (tertiary/aromatic N) is 2. The van der Waals surface area contributed by atoms with Crippen molar-refractivity contribution in [3.8, 4) is 0 Å². The van der Waals surface area contributed by atoms with Crippen LogP contribution in [0.2, 0.25) is 0 Å². The number of pyridine rings is 1. The lowest BCUT2D eigenvalue weighted by Gasteiger charge is -2.23. The van der Waals surface area contributed by atoms with Crippen LogP contribution in [0.1, 0.15) is 49.2 Å². The average Bonchev–Trinajstić information content (AvgIpc) is 2.72. The molecule has 1 aliphatic rings. The maximum Gasteiger partial charge on any atom is 0.335 e. The van der Waals surface area contributed by atoms with Crippen LogP contribution >= 0.6 is 0 Å². The third kappa shape index (κ3) is 2.66. The molecule has 0 radical (unpaired) electrons. The van der Waals surface area contributed by atoms with Crippen LogP contribution in [0.25, 0.3) is 0 Å². The normalized spacial score (nSPS) is 17.3. The van der Waals surface area contributed by atoms with Gasteiger partial charge in [0, 0.05) is 12.6 Å². The number of carboxylic acid groups (broad SMARTS) is 1. The summed E-state index contributed by atoms with van der Waals surface area (Å²) >= 11 is 0. The van der Waals surface area contributed by atoms with Crippen LogP contribution in [0.15, 0.2) is 18.3 Å². The highest BCUT2D eigenvalue weighted by molar-refractivity contribution is 6.05. The van der Waals surface area contributed by atoms with Crippen LogP contribution in [0.5, 0.6) is 0 Å². The van der Waals surface area contributed by atoms with Gasteiger partial charge >= 0.3 is 5.97 Å². The molecular weight excluding hydrogens is 272 g/mol. The van der Waals surface area contributed by atoms with Gasteiger partial charge in [0.1, 0.15) is 0 Å². The minimum absolute atomic E-state index is 0.0283. The summed E-state index contributed by atoms with van der Waals surface area (Å²) in [6.45, 7) is 3.84. The van der Waals surface area contributed by atoms with Crippen LogP contribution in [-0.4, -0.2) is 32.8 Å². The van der Waals surface area contributed by atoms with E-state index < -0.39 is 11.4 Å². The molecule has 112 valence electrons. The Bertz CT molecular complexity index is 593. The third-order valence-electron chi connectivity index (χ3n) is 4.23. The van der Waals surface area contributed by atoms with Gasteiger partial charge in [-0.3, -0.25) is 19.5 Å². The van der Waals surface area contributed by atoms with Gasteiger partial charge in [0.15, 0.2) is 0 Å². The monoisotopic (exact) mass is 290 g/mol. The zero-order valence-electron chi connectivity index (χ0n) is 12.1. The summed E-state index contributed by atoms with van der Waals surface area (Å²) in [7, 11) is 0. The molecule has 0 bridgehead atoms. The second-order valence-corrected chi connectivity index (χ2v) is 5.29. The van der Waals surface area contributed by atoms with Crippen LogP contribution in [0.4, 0.5) is 0 Å². The number of aromatic carboxylic acids is 1. The highest BCUT2D eigenvalue weighted by atomic mass is 16.4. The zero-order chi connectivity index (χ0) is 15.6. The molecule has 0 atom stereocenters. The molecule has 1 aliphatic heterocycles. The first-order valence-corrected chi connectivity index (χ1v) is 6.96. The van der Waals surface area contributed by atoms with Crippen molar-refractivity contribution < 1.29 is 19.5 Å². The molecule has 1 aromatic heterocycles. The van der Waals surface area contributed by atoms with E-state index in [1.807, 2.05) is 13.8 Å². The Balaban J connectivity index is 2.24. The number of carboxylic acids is 1. The number of carbonyl (C=O) groups excluding carboxylic acids is 2. The van der Waals surface area contributed by atoms with Gasteiger partial charge in [-0.15, -0.1) is 0 Å². The fourth-order valence-corrected chi connectivity index (χ4v) is 2.68. The van der Waals surface area contributed by atoms with Crippen molar-refractivity contribution in [2.75, 3.05) is 0 Å². The maximum atomic E-state index is 12.5. The maximum absolute atomic E-state index is 12.5. The fourth-order valence-electron chi connectivity index (χ4n) is 2.68. The second-order valence-electron chi connectivity index (χ2n) is 5.29. The summed E-state index contributed by atoms with van der Waals surface area (Å²) in [4.78, 5) is 40.8. The third-order valence-corrected chi connectivity index (χ3v) is 4.23. The first-order chi connectivity index (χ1) is 9.93. The Kier molecular flexibility index (Phi) is 4.06. The molecule has 2 heterocycles. The number of carbonyl (C=O) groups is 3. The number of aromatic nitrogens is 1. The van der Waals surface area contributed by atoms with Crippen molar-refractivity contribution in [2.45, 2.75) is 39.7 Å². The number of likely N-dealkylation sites (tertiary alicyclic amines) is 1. The first kappa shape index (κ1) is 15.2. The van der Waals surface area contributed by atoms with Crippen LogP contribution in [-0.2, 0) is 16.1 Å². The Morgan fingerprint density at radius 1 is 1.38 bits per heavy atom. The van der Waals surface area contributed by atoms with Gasteiger partial charge in [0.2, 0.25) is 11.8 Å². The smallest absolute Gasteiger partial charge is 0.335 e. The molecule has 1 saturated heterocycles. The van der Waals surface area contributed by atoms with Crippen molar-refractivity contribution in [1.29, 1.82) is 0 Å². The van der Waals surface area contributed by atoms with Crippen LogP contribution in [0, 0.1) is 5.41 Å². The molecule has 6 nitrogen and oxygen atoms in total. The average molecular weight is 290 g/mol. The Morgan fingerprint density at radius 3 is 2.57 bits per heavy atom. The van der Waals surface area contributed by atoms with E-state index in [1.54, 1.807) is 0 Å². The van der Waals surface area contributed by atoms with E-state index in [0.717, 1.165) is 0 Å². The van der Waals surface area contributed by atoms with Crippen molar-refractivity contribution >= 4 is 17.8 Å². The van der Waals surface area contributed by atoms with Gasteiger partial charge in [-0.25, -0.2) is 4.79 Å². The quantitative estimate of drug-likeness (QED) is 0.836. The van der Waals surface area contributed by atoms with Gasteiger partial charge < -0.3 is 5.11 Å². The van der Waals surface area contributed by atoms with E-state index in [9.17, 15) is 14.4 Å². The van der Waals surface area contributed by atoms with Crippen LogP contribution < -0.4 is 0 Å². The number of rotatable bonds is 5. The number of hydrogen-bond donors (Lipinski definition) is 1. The van der Waals surface area contributed by atoms with E-state index in [-0.39, 0.29) is 30.3 Å². The Hall–Kier alpha value is -2.24.